The first-order chi connectivity index (χ1) is 10.6. The van der Waals surface area contributed by atoms with Crippen molar-refractivity contribution in [2.75, 3.05) is 19.6 Å². The molecule has 2 atom stereocenters. The predicted octanol–water partition coefficient (Wildman–Crippen LogP) is 3.16. The lowest BCUT2D eigenvalue weighted by molar-refractivity contribution is -0.138. The molecule has 1 aromatic carbocycles. The number of piperidine rings is 2. The molecule has 3 nitrogen and oxygen atoms in total. The van der Waals surface area contributed by atoms with Crippen molar-refractivity contribution in [2.45, 2.75) is 45.7 Å². The number of hydrogen-bond donors (Lipinski definition) is 0. The van der Waals surface area contributed by atoms with Gasteiger partial charge < -0.3 is 4.90 Å². The molecule has 2 fully saturated rings. The number of amides is 1. The standard InChI is InChI=1S/C19H28N2O/c1-15(2)19(22)21-12-10-18-17(14-21)9-6-11-20(18)13-16-7-4-3-5-8-16/h3-5,7-8,15,17-18H,6,9-14H2,1-2H3/t17-,18+/m1/s1. The molecule has 1 aromatic rings. The summed E-state index contributed by atoms with van der Waals surface area (Å²) in [6.07, 6.45) is 3.67. The van der Waals surface area contributed by atoms with Gasteiger partial charge in [-0.3, -0.25) is 9.69 Å². The molecule has 0 aromatic heterocycles. The van der Waals surface area contributed by atoms with E-state index in [2.05, 4.69) is 40.1 Å². The van der Waals surface area contributed by atoms with Crippen LogP contribution in [0.25, 0.3) is 0 Å². The minimum atomic E-state index is 0.126. The third-order valence-electron chi connectivity index (χ3n) is 5.22. The molecule has 2 saturated heterocycles. The van der Waals surface area contributed by atoms with Gasteiger partial charge in [0.25, 0.3) is 0 Å². The zero-order valence-corrected chi connectivity index (χ0v) is 13.9. The Balaban J connectivity index is 1.64. The van der Waals surface area contributed by atoms with Crippen LogP contribution in [0.15, 0.2) is 30.3 Å². The van der Waals surface area contributed by atoms with Gasteiger partial charge in [-0.15, -0.1) is 0 Å². The molecular formula is C19H28N2O. The second-order valence-corrected chi connectivity index (χ2v) is 7.15. The smallest absolute Gasteiger partial charge is 0.225 e. The summed E-state index contributed by atoms with van der Waals surface area (Å²) in [7, 11) is 0. The average molecular weight is 300 g/mol. The molecule has 3 rings (SSSR count). The van der Waals surface area contributed by atoms with Gasteiger partial charge in [-0.2, -0.15) is 0 Å². The molecule has 2 aliphatic heterocycles. The van der Waals surface area contributed by atoms with Gasteiger partial charge in [-0.25, -0.2) is 0 Å². The van der Waals surface area contributed by atoms with Crippen LogP contribution >= 0.6 is 0 Å². The molecule has 22 heavy (non-hydrogen) atoms. The molecule has 0 aliphatic carbocycles. The monoisotopic (exact) mass is 300 g/mol. The van der Waals surface area contributed by atoms with Crippen LogP contribution in [0, 0.1) is 11.8 Å². The average Bonchev–Trinajstić information content (AvgIpc) is 2.55. The molecule has 0 radical (unpaired) electrons. The van der Waals surface area contributed by atoms with E-state index in [9.17, 15) is 4.79 Å². The van der Waals surface area contributed by atoms with Crippen LogP contribution in [0.3, 0.4) is 0 Å². The summed E-state index contributed by atoms with van der Waals surface area (Å²) in [5, 5.41) is 0. The Bertz CT molecular complexity index is 499. The maximum atomic E-state index is 12.3. The van der Waals surface area contributed by atoms with Gasteiger partial charge in [-0.05, 0) is 37.3 Å². The largest absolute Gasteiger partial charge is 0.342 e. The summed E-state index contributed by atoms with van der Waals surface area (Å²) in [6.45, 7) is 8.18. The van der Waals surface area contributed by atoms with Crippen molar-refractivity contribution in [3.05, 3.63) is 35.9 Å². The maximum absolute atomic E-state index is 12.3. The lowest BCUT2D eigenvalue weighted by Gasteiger charge is -2.47. The van der Waals surface area contributed by atoms with Crippen LogP contribution in [0.5, 0.6) is 0 Å². The summed E-state index contributed by atoms with van der Waals surface area (Å²) in [5.41, 5.74) is 1.41. The van der Waals surface area contributed by atoms with Crippen LogP contribution in [0.2, 0.25) is 0 Å². The zero-order valence-electron chi connectivity index (χ0n) is 13.9. The van der Waals surface area contributed by atoms with Gasteiger partial charge in [0.05, 0.1) is 0 Å². The van der Waals surface area contributed by atoms with E-state index in [0.29, 0.717) is 17.9 Å². The first kappa shape index (κ1) is 15.5. The lowest BCUT2D eigenvalue weighted by atomic mass is 9.83. The third-order valence-corrected chi connectivity index (χ3v) is 5.22. The fraction of sp³-hybridized carbons (Fsp3) is 0.632. The van der Waals surface area contributed by atoms with Crippen molar-refractivity contribution < 1.29 is 4.79 Å². The summed E-state index contributed by atoms with van der Waals surface area (Å²) in [4.78, 5) is 17.0. The second kappa shape index (κ2) is 6.82. The lowest BCUT2D eigenvalue weighted by Crippen LogP contribution is -2.55. The molecule has 0 N–H and O–H groups in total. The fourth-order valence-electron chi connectivity index (χ4n) is 4.09. The highest BCUT2D eigenvalue weighted by atomic mass is 16.2. The Labute approximate surface area is 134 Å². The molecule has 2 aliphatic rings. The molecule has 0 bridgehead atoms. The number of likely N-dealkylation sites (tertiary alicyclic amines) is 2. The van der Waals surface area contributed by atoms with Crippen LogP contribution < -0.4 is 0 Å². The van der Waals surface area contributed by atoms with Crippen molar-refractivity contribution in [1.29, 1.82) is 0 Å². The Hall–Kier alpha value is -1.35. The van der Waals surface area contributed by atoms with Gasteiger partial charge in [0.2, 0.25) is 5.91 Å². The Kier molecular flexibility index (Phi) is 4.82. The first-order valence-electron chi connectivity index (χ1n) is 8.72. The Morgan fingerprint density at radius 2 is 1.95 bits per heavy atom. The zero-order chi connectivity index (χ0) is 15.5. The van der Waals surface area contributed by atoms with Gasteiger partial charge in [0, 0.05) is 31.6 Å². The number of carbonyl (C=O) groups is 1. The predicted molar refractivity (Wildman–Crippen MR) is 89.4 cm³/mol. The third kappa shape index (κ3) is 3.35. The van der Waals surface area contributed by atoms with E-state index in [1.807, 2.05) is 13.8 Å². The second-order valence-electron chi connectivity index (χ2n) is 7.15. The molecule has 3 heteroatoms. The molecular weight excluding hydrogens is 272 g/mol. The fourth-order valence-corrected chi connectivity index (χ4v) is 4.09. The van der Waals surface area contributed by atoms with Crippen molar-refractivity contribution >= 4 is 5.91 Å². The molecule has 2 heterocycles. The highest BCUT2D eigenvalue weighted by molar-refractivity contribution is 5.78. The number of carbonyl (C=O) groups excluding carboxylic acids is 1. The highest BCUT2D eigenvalue weighted by Gasteiger charge is 2.37. The van der Waals surface area contributed by atoms with E-state index in [-0.39, 0.29) is 5.92 Å². The van der Waals surface area contributed by atoms with Gasteiger partial charge in [0.15, 0.2) is 0 Å². The van der Waals surface area contributed by atoms with Crippen LogP contribution in [0.4, 0.5) is 0 Å². The number of hydrogen-bond acceptors (Lipinski definition) is 2. The van der Waals surface area contributed by atoms with Crippen LogP contribution in [0.1, 0.15) is 38.7 Å². The minimum Gasteiger partial charge on any atom is -0.342 e. The summed E-state index contributed by atoms with van der Waals surface area (Å²) in [5.74, 6) is 1.12. The Morgan fingerprint density at radius 3 is 2.68 bits per heavy atom. The van der Waals surface area contributed by atoms with Crippen molar-refractivity contribution in [3.8, 4) is 0 Å². The molecule has 120 valence electrons. The quantitative estimate of drug-likeness (QED) is 0.856. The SMILES string of the molecule is CC(C)C(=O)N1CC[C@H]2[C@H](CCCN2Cc2ccccc2)C1. The van der Waals surface area contributed by atoms with E-state index in [0.717, 1.165) is 26.1 Å². The van der Waals surface area contributed by atoms with E-state index < -0.39 is 0 Å². The van der Waals surface area contributed by atoms with Crippen molar-refractivity contribution in [3.63, 3.8) is 0 Å². The summed E-state index contributed by atoms with van der Waals surface area (Å²) in [6, 6.07) is 11.4. The van der Waals surface area contributed by atoms with Gasteiger partial charge >= 0.3 is 0 Å². The van der Waals surface area contributed by atoms with Crippen molar-refractivity contribution in [1.82, 2.24) is 9.80 Å². The van der Waals surface area contributed by atoms with E-state index in [1.54, 1.807) is 0 Å². The molecule has 0 unspecified atom stereocenters. The Morgan fingerprint density at radius 1 is 1.18 bits per heavy atom. The van der Waals surface area contributed by atoms with Gasteiger partial charge in [-0.1, -0.05) is 44.2 Å². The number of nitrogens with zero attached hydrogens (tertiary/aromatic N) is 2. The van der Waals surface area contributed by atoms with Gasteiger partial charge in [0.1, 0.15) is 0 Å². The van der Waals surface area contributed by atoms with Crippen LogP contribution in [-0.2, 0) is 11.3 Å². The normalized spacial score (nSPS) is 26.0. The molecule has 0 saturated carbocycles. The van der Waals surface area contributed by atoms with E-state index in [1.165, 1.54) is 24.9 Å². The summed E-state index contributed by atoms with van der Waals surface area (Å²) < 4.78 is 0. The van der Waals surface area contributed by atoms with E-state index >= 15 is 0 Å². The number of fused-ring (bicyclic) bond motifs is 1. The molecule has 0 spiro atoms. The van der Waals surface area contributed by atoms with E-state index in [4.69, 9.17) is 0 Å². The first-order valence-corrected chi connectivity index (χ1v) is 8.72. The highest BCUT2D eigenvalue weighted by Crippen LogP contribution is 2.32. The maximum Gasteiger partial charge on any atom is 0.225 e. The summed E-state index contributed by atoms with van der Waals surface area (Å²) >= 11 is 0. The minimum absolute atomic E-state index is 0.126. The van der Waals surface area contributed by atoms with Crippen LogP contribution in [-0.4, -0.2) is 41.4 Å². The van der Waals surface area contributed by atoms with Crippen molar-refractivity contribution in [2.24, 2.45) is 11.8 Å². The number of rotatable bonds is 3. The topological polar surface area (TPSA) is 23.6 Å². The number of benzene rings is 1. The molecule has 1 amide bonds.